The van der Waals surface area contributed by atoms with Crippen molar-refractivity contribution in [2.24, 2.45) is 0 Å². The normalized spacial score (nSPS) is 11.2. The van der Waals surface area contributed by atoms with Crippen molar-refractivity contribution in [1.29, 1.82) is 0 Å². The Hall–Kier alpha value is -3.66. The first-order valence-electron chi connectivity index (χ1n) is 9.67. The Morgan fingerprint density at radius 3 is 2.31 bits per heavy atom. The molecule has 2 aliphatic heterocycles. The molecule has 0 atom stereocenters. The average molecular weight is 379 g/mol. The summed E-state index contributed by atoms with van der Waals surface area (Å²) >= 11 is 0. The second-order valence-corrected chi connectivity index (χ2v) is 7.30. The van der Waals surface area contributed by atoms with Gasteiger partial charge in [-0.25, -0.2) is 0 Å². The van der Waals surface area contributed by atoms with E-state index in [-0.39, 0.29) is 0 Å². The third-order valence-corrected chi connectivity index (χ3v) is 5.35. The van der Waals surface area contributed by atoms with Crippen LogP contribution in [0.2, 0.25) is 0 Å². The van der Waals surface area contributed by atoms with Crippen LogP contribution in [-0.4, -0.2) is 21.9 Å². The Bertz CT molecular complexity index is 1250. The van der Waals surface area contributed by atoms with E-state index >= 15 is 0 Å². The highest BCUT2D eigenvalue weighted by Crippen LogP contribution is 2.37. The molecule has 0 amide bonds. The van der Waals surface area contributed by atoms with Crippen molar-refractivity contribution in [3.8, 4) is 28.3 Å². The zero-order chi connectivity index (χ0) is 19.8. The van der Waals surface area contributed by atoms with E-state index in [4.69, 9.17) is 4.74 Å². The summed E-state index contributed by atoms with van der Waals surface area (Å²) in [6, 6.07) is 25.1. The molecule has 4 heteroatoms. The van der Waals surface area contributed by atoms with E-state index in [0.717, 1.165) is 45.7 Å². The molecule has 0 N–H and O–H groups in total. The smallest absolute Gasteiger partial charge is 0.118 e. The fourth-order valence-corrected chi connectivity index (χ4v) is 3.77. The topological polar surface area (TPSA) is 39.9 Å². The predicted octanol–water partition coefficient (Wildman–Crippen LogP) is 5.57. The predicted molar refractivity (Wildman–Crippen MR) is 116 cm³/mol. The van der Waals surface area contributed by atoms with E-state index in [2.05, 4.69) is 76.4 Å². The van der Waals surface area contributed by atoms with Crippen LogP contribution in [0.15, 0.2) is 79.0 Å². The molecule has 29 heavy (non-hydrogen) atoms. The van der Waals surface area contributed by atoms with Gasteiger partial charge in [0.05, 0.1) is 12.6 Å². The molecule has 142 valence electrons. The fourth-order valence-electron chi connectivity index (χ4n) is 3.77. The molecule has 0 aromatic heterocycles. The fraction of sp³-hybridized carbons (Fsp3) is 0.120. The first-order valence-corrected chi connectivity index (χ1v) is 9.67. The lowest BCUT2D eigenvalue weighted by molar-refractivity contribution is 0.415. The lowest BCUT2D eigenvalue weighted by atomic mass is 10.0. The molecule has 0 spiro atoms. The minimum Gasteiger partial charge on any atom is -0.497 e. The number of rotatable bonds is 4. The van der Waals surface area contributed by atoms with E-state index < -0.39 is 0 Å². The Morgan fingerprint density at radius 1 is 0.828 bits per heavy atom. The van der Waals surface area contributed by atoms with Gasteiger partial charge in [0.15, 0.2) is 0 Å². The molecule has 3 aromatic rings. The third-order valence-electron chi connectivity index (χ3n) is 5.35. The first kappa shape index (κ1) is 17.4. The molecule has 2 aliphatic rings. The third kappa shape index (κ3) is 3.13. The van der Waals surface area contributed by atoms with Gasteiger partial charge in [-0.15, -0.1) is 10.2 Å². The number of aryl methyl sites for hydroxylation is 1. The van der Waals surface area contributed by atoms with Crippen LogP contribution in [0.3, 0.4) is 0 Å². The van der Waals surface area contributed by atoms with Crippen molar-refractivity contribution >= 4 is 10.9 Å². The van der Waals surface area contributed by atoms with Crippen molar-refractivity contribution in [2.75, 3.05) is 7.11 Å². The van der Waals surface area contributed by atoms with Crippen molar-refractivity contribution < 1.29 is 4.74 Å². The highest BCUT2D eigenvalue weighted by molar-refractivity contribution is 5.98. The summed E-state index contributed by atoms with van der Waals surface area (Å²) in [6.45, 7) is 2.91. The highest BCUT2D eigenvalue weighted by Gasteiger charge is 2.20. The van der Waals surface area contributed by atoms with Crippen LogP contribution in [0, 0.1) is 6.92 Å². The SMILES string of the molecule is COc1ccc(-c2nnc3c4ccccc4n(Cc4ccc(C)cc4)cc2-3)cc1. The van der Waals surface area contributed by atoms with Gasteiger partial charge < -0.3 is 9.30 Å². The van der Waals surface area contributed by atoms with Crippen LogP contribution < -0.4 is 4.74 Å². The number of hydrogen-bond donors (Lipinski definition) is 0. The van der Waals surface area contributed by atoms with Crippen molar-refractivity contribution in [3.05, 3.63) is 90.1 Å². The van der Waals surface area contributed by atoms with Crippen LogP contribution >= 0.6 is 0 Å². The summed E-state index contributed by atoms with van der Waals surface area (Å²) < 4.78 is 7.58. The van der Waals surface area contributed by atoms with Crippen LogP contribution in [0.1, 0.15) is 11.1 Å². The largest absolute Gasteiger partial charge is 0.497 e. The zero-order valence-corrected chi connectivity index (χ0v) is 16.5. The van der Waals surface area contributed by atoms with Gasteiger partial charge in [-0.2, -0.15) is 0 Å². The van der Waals surface area contributed by atoms with Gasteiger partial charge in [0.2, 0.25) is 0 Å². The summed E-state index contributed by atoms with van der Waals surface area (Å²) in [7, 11) is 1.67. The average Bonchev–Trinajstić information content (AvgIpc) is 3.19. The second kappa shape index (κ2) is 7.06. The van der Waals surface area contributed by atoms with E-state index in [1.54, 1.807) is 7.11 Å². The maximum Gasteiger partial charge on any atom is 0.118 e. The number of ether oxygens (including phenoxy) is 1. The molecule has 4 nitrogen and oxygen atoms in total. The van der Waals surface area contributed by atoms with E-state index in [9.17, 15) is 0 Å². The lowest BCUT2D eigenvalue weighted by Crippen LogP contribution is -2.04. The van der Waals surface area contributed by atoms with Crippen molar-refractivity contribution in [1.82, 2.24) is 14.8 Å². The van der Waals surface area contributed by atoms with Gasteiger partial charge >= 0.3 is 0 Å². The van der Waals surface area contributed by atoms with Gasteiger partial charge in [-0.3, -0.25) is 0 Å². The monoisotopic (exact) mass is 379 g/mol. The summed E-state index contributed by atoms with van der Waals surface area (Å²) in [6.07, 6.45) is 2.18. The van der Waals surface area contributed by atoms with Gasteiger partial charge in [0.1, 0.15) is 17.1 Å². The molecule has 0 unspecified atom stereocenters. The number of hydrogen-bond acceptors (Lipinski definition) is 3. The van der Waals surface area contributed by atoms with Crippen LogP contribution in [0.5, 0.6) is 5.75 Å². The molecule has 5 rings (SSSR count). The summed E-state index contributed by atoms with van der Waals surface area (Å²) in [4.78, 5) is 0. The maximum absolute atomic E-state index is 5.29. The number of methoxy groups -OCH3 is 1. The number of para-hydroxylation sites is 1. The first-order chi connectivity index (χ1) is 14.2. The van der Waals surface area contributed by atoms with Crippen molar-refractivity contribution in [3.63, 3.8) is 0 Å². The van der Waals surface area contributed by atoms with Gasteiger partial charge in [-0.05, 0) is 42.8 Å². The zero-order valence-electron chi connectivity index (χ0n) is 16.5. The molecular formula is C25H21N3O. The van der Waals surface area contributed by atoms with Crippen molar-refractivity contribution in [2.45, 2.75) is 13.5 Å². The molecule has 0 saturated carbocycles. The molecule has 0 bridgehead atoms. The molecule has 0 aliphatic carbocycles. The van der Waals surface area contributed by atoms with Gasteiger partial charge in [0.25, 0.3) is 0 Å². The van der Waals surface area contributed by atoms with Crippen LogP contribution in [-0.2, 0) is 6.54 Å². The Balaban J connectivity index is 1.68. The molecule has 3 aromatic carbocycles. The summed E-state index contributed by atoms with van der Waals surface area (Å²) in [5.74, 6) is 0.831. The molecule has 2 heterocycles. The Morgan fingerprint density at radius 2 is 1.55 bits per heavy atom. The van der Waals surface area contributed by atoms with Gasteiger partial charge in [0, 0.05) is 29.3 Å². The molecular weight excluding hydrogens is 358 g/mol. The van der Waals surface area contributed by atoms with E-state index in [1.807, 2.05) is 24.3 Å². The second-order valence-electron chi connectivity index (χ2n) is 7.30. The van der Waals surface area contributed by atoms with E-state index in [0.29, 0.717) is 0 Å². The Kier molecular flexibility index (Phi) is 4.24. The quantitative estimate of drug-likeness (QED) is 0.410. The number of aromatic nitrogens is 3. The molecule has 0 radical (unpaired) electrons. The highest BCUT2D eigenvalue weighted by atomic mass is 16.5. The number of pyridine rings is 1. The maximum atomic E-state index is 5.29. The minimum absolute atomic E-state index is 0.796. The number of fused-ring (bicyclic) bond motifs is 3. The number of nitrogens with zero attached hydrogens (tertiary/aromatic N) is 3. The molecule has 0 saturated heterocycles. The summed E-state index contributed by atoms with van der Waals surface area (Å²) in [5, 5.41) is 10.2. The van der Waals surface area contributed by atoms with Crippen LogP contribution in [0.4, 0.5) is 0 Å². The Labute approximate surface area is 169 Å². The van der Waals surface area contributed by atoms with Gasteiger partial charge in [-0.1, -0.05) is 48.0 Å². The van der Waals surface area contributed by atoms with E-state index in [1.165, 1.54) is 11.1 Å². The molecule has 0 fully saturated rings. The summed E-state index contributed by atoms with van der Waals surface area (Å²) in [5.41, 5.74) is 7.61. The number of benzene rings is 3. The standard InChI is InChI=1S/C25H21N3O/c1-17-7-9-18(10-8-17)15-28-16-22-24(19-11-13-20(29-2)14-12-19)26-27-25(22)21-5-3-4-6-23(21)28/h3-14,16H,15H2,1-2H3. The minimum atomic E-state index is 0.796. The lowest BCUT2D eigenvalue weighted by Gasteiger charge is -2.15. The van der Waals surface area contributed by atoms with Crippen LogP contribution in [0.25, 0.3) is 33.4 Å².